The van der Waals surface area contributed by atoms with E-state index in [1.54, 1.807) is 32.3 Å². The molecule has 1 saturated heterocycles. The number of aromatic nitrogens is 2. The fraction of sp³-hybridized carbons (Fsp3) is 0.733. The van der Waals surface area contributed by atoms with Gasteiger partial charge in [-0.15, -0.1) is 0 Å². The summed E-state index contributed by atoms with van der Waals surface area (Å²) in [7, 11) is 5.38. The van der Waals surface area contributed by atoms with Crippen molar-refractivity contribution in [3.05, 3.63) is 18.0 Å². The zero-order valence-corrected chi connectivity index (χ0v) is 13.2. The molecule has 21 heavy (non-hydrogen) atoms. The summed E-state index contributed by atoms with van der Waals surface area (Å²) in [5, 5.41) is 7.02. The van der Waals surface area contributed by atoms with Gasteiger partial charge in [-0.2, -0.15) is 5.10 Å². The highest BCUT2D eigenvalue weighted by atomic mass is 16.5. The number of ether oxygens (including phenoxy) is 1. The minimum atomic E-state index is 0.178. The molecule has 0 spiro atoms. The van der Waals surface area contributed by atoms with Crippen LogP contribution in [-0.2, 0) is 16.1 Å². The summed E-state index contributed by atoms with van der Waals surface area (Å²) in [5.74, 6) is 0.178. The van der Waals surface area contributed by atoms with Crippen LogP contribution in [0.4, 0.5) is 0 Å². The molecule has 2 heterocycles. The molecule has 6 nitrogen and oxygen atoms in total. The van der Waals surface area contributed by atoms with Gasteiger partial charge in [-0.1, -0.05) is 0 Å². The highest BCUT2D eigenvalue weighted by Crippen LogP contribution is 2.25. The molecular weight excluding hydrogens is 268 g/mol. The number of carbonyl (C=O) groups is 1. The van der Waals surface area contributed by atoms with E-state index < -0.39 is 0 Å². The predicted octanol–water partition coefficient (Wildman–Crippen LogP) is 1.26. The monoisotopic (exact) mass is 294 g/mol. The van der Waals surface area contributed by atoms with Crippen LogP contribution in [0.3, 0.4) is 0 Å². The van der Waals surface area contributed by atoms with Gasteiger partial charge in [0.2, 0.25) is 5.91 Å². The lowest BCUT2D eigenvalue weighted by molar-refractivity contribution is -0.129. The first-order chi connectivity index (χ1) is 10.1. The van der Waals surface area contributed by atoms with Crippen molar-refractivity contribution in [2.75, 3.05) is 27.7 Å². The molecule has 1 aliphatic heterocycles. The van der Waals surface area contributed by atoms with Gasteiger partial charge in [0, 0.05) is 52.1 Å². The third-order valence-electron chi connectivity index (χ3n) is 4.22. The molecule has 0 saturated carbocycles. The van der Waals surface area contributed by atoms with E-state index in [1.165, 1.54) is 0 Å². The van der Waals surface area contributed by atoms with Gasteiger partial charge >= 0.3 is 0 Å². The lowest BCUT2D eigenvalue weighted by atomic mass is 9.94. The van der Waals surface area contributed by atoms with Crippen molar-refractivity contribution in [3.8, 4) is 0 Å². The molecule has 0 aromatic carbocycles. The Labute approximate surface area is 126 Å². The maximum atomic E-state index is 11.9. The second-order valence-corrected chi connectivity index (χ2v) is 5.86. The smallest absolute Gasteiger partial charge is 0.222 e. The highest BCUT2D eigenvalue weighted by molar-refractivity contribution is 5.75. The largest absolute Gasteiger partial charge is 0.380 e. The average Bonchev–Trinajstić information content (AvgIpc) is 2.98. The van der Waals surface area contributed by atoms with Crippen molar-refractivity contribution in [1.29, 1.82) is 0 Å². The van der Waals surface area contributed by atoms with E-state index in [2.05, 4.69) is 15.1 Å². The van der Waals surface area contributed by atoms with Gasteiger partial charge < -0.3 is 9.64 Å². The van der Waals surface area contributed by atoms with Gasteiger partial charge in [0.15, 0.2) is 0 Å². The SMILES string of the molecule is CO[C@H]1CCCN(Cc2ccn[nH]2)[C@H]1CCC(=O)N(C)C. The van der Waals surface area contributed by atoms with Crippen molar-refractivity contribution in [2.45, 2.75) is 44.4 Å². The van der Waals surface area contributed by atoms with Crippen molar-refractivity contribution in [2.24, 2.45) is 0 Å². The summed E-state index contributed by atoms with van der Waals surface area (Å²) in [6, 6.07) is 2.29. The van der Waals surface area contributed by atoms with Crippen LogP contribution in [0.5, 0.6) is 0 Å². The van der Waals surface area contributed by atoms with E-state index in [0.717, 1.165) is 38.0 Å². The zero-order valence-electron chi connectivity index (χ0n) is 13.2. The van der Waals surface area contributed by atoms with Gasteiger partial charge in [-0.25, -0.2) is 0 Å². The average molecular weight is 294 g/mol. The number of hydrogen-bond donors (Lipinski definition) is 1. The Hall–Kier alpha value is -1.40. The van der Waals surface area contributed by atoms with E-state index in [4.69, 9.17) is 4.74 Å². The van der Waals surface area contributed by atoms with E-state index in [0.29, 0.717) is 6.42 Å². The summed E-state index contributed by atoms with van der Waals surface area (Å²) in [5.41, 5.74) is 1.11. The Morgan fingerprint density at radius 3 is 3.00 bits per heavy atom. The first kappa shape index (κ1) is 16.0. The summed E-state index contributed by atoms with van der Waals surface area (Å²) in [6.45, 7) is 1.88. The normalized spacial score (nSPS) is 23.2. The minimum absolute atomic E-state index is 0.178. The Bertz CT molecular complexity index is 433. The first-order valence-corrected chi connectivity index (χ1v) is 7.57. The maximum absolute atomic E-state index is 11.9. The molecular formula is C15H26N4O2. The van der Waals surface area contributed by atoms with E-state index in [9.17, 15) is 4.79 Å². The van der Waals surface area contributed by atoms with Crippen LogP contribution in [0.1, 0.15) is 31.4 Å². The second kappa shape index (κ2) is 7.56. The standard InChI is InChI=1S/C15H26N4O2/c1-18(2)15(20)7-6-13-14(21-3)5-4-10-19(13)11-12-8-9-16-17-12/h8-9,13-14H,4-7,10-11H2,1-3H3,(H,16,17)/t13-,14-/m0/s1. The molecule has 1 aromatic rings. The molecule has 1 N–H and O–H groups in total. The van der Waals surface area contributed by atoms with Crippen LogP contribution in [0.2, 0.25) is 0 Å². The molecule has 0 bridgehead atoms. The van der Waals surface area contributed by atoms with Crippen LogP contribution >= 0.6 is 0 Å². The summed E-state index contributed by atoms with van der Waals surface area (Å²) in [6.07, 6.45) is 5.58. The summed E-state index contributed by atoms with van der Waals surface area (Å²) in [4.78, 5) is 15.9. The number of likely N-dealkylation sites (tertiary alicyclic amines) is 1. The van der Waals surface area contributed by atoms with E-state index in [1.807, 2.05) is 6.07 Å². The zero-order chi connectivity index (χ0) is 15.2. The molecule has 1 fully saturated rings. The predicted molar refractivity (Wildman–Crippen MR) is 80.7 cm³/mol. The maximum Gasteiger partial charge on any atom is 0.222 e. The minimum Gasteiger partial charge on any atom is -0.380 e. The molecule has 6 heteroatoms. The number of piperidine rings is 1. The fourth-order valence-electron chi connectivity index (χ4n) is 3.02. The number of hydrogen-bond acceptors (Lipinski definition) is 4. The molecule has 0 unspecified atom stereocenters. The van der Waals surface area contributed by atoms with Gasteiger partial charge in [-0.05, 0) is 31.9 Å². The third-order valence-corrected chi connectivity index (χ3v) is 4.22. The highest BCUT2D eigenvalue weighted by Gasteiger charge is 2.31. The number of amides is 1. The summed E-state index contributed by atoms with van der Waals surface area (Å²) < 4.78 is 5.65. The van der Waals surface area contributed by atoms with Gasteiger partial charge in [-0.3, -0.25) is 14.8 Å². The van der Waals surface area contributed by atoms with Crippen LogP contribution in [0, 0.1) is 0 Å². The van der Waals surface area contributed by atoms with Crippen molar-refractivity contribution in [1.82, 2.24) is 20.0 Å². The molecule has 2 atom stereocenters. The molecule has 2 rings (SSSR count). The van der Waals surface area contributed by atoms with Gasteiger partial charge in [0.05, 0.1) is 6.10 Å². The number of nitrogens with one attached hydrogen (secondary N) is 1. The lowest BCUT2D eigenvalue weighted by Crippen LogP contribution is -2.48. The Morgan fingerprint density at radius 1 is 1.57 bits per heavy atom. The van der Waals surface area contributed by atoms with E-state index >= 15 is 0 Å². The van der Waals surface area contributed by atoms with Crippen molar-refractivity contribution < 1.29 is 9.53 Å². The second-order valence-electron chi connectivity index (χ2n) is 5.86. The Balaban J connectivity index is 2.00. The number of carbonyl (C=O) groups excluding carboxylic acids is 1. The number of rotatable bonds is 6. The molecule has 0 aliphatic carbocycles. The fourth-order valence-corrected chi connectivity index (χ4v) is 3.02. The van der Waals surface area contributed by atoms with Gasteiger partial charge in [0.25, 0.3) is 0 Å². The molecule has 118 valence electrons. The number of nitrogens with zero attached hydrogens (tertiary/aromatic N) is 3. The lowest BCUT2D eigenvalue weighted by Gasteiger charge is -2.40. The van der Waals surface area contributed by atoms with Gasteiger partial charge in [0.1, 0.15) is 0 Å². The number of methoxy groups -OCH3 is 1. The number of aromatic amines is 1. The van der Waals surface area contributed by atoms with Crippen molar-refractivity contribution >= 4 is 5.91 Å². The first-order valence-electron chi connectivity index (χ1n) is 7.57. The molecule has 1 aromatic heterocycles. The van der Waals surface area contributed by atoms with Crippen LogP contribution in [0.25, 0.3) is 0 Å². The third kappa shape index (κ3) is 4.28. The van der Waals surface area contributed by atoms with Crippen LogP contribution < -0.4 is 0 Å². The number of H-pyrrole nitrogens is 1. The van der Waals surface area contributed by atoms with Crippen LogP contribution in [0.15, 0.2) is 12.3 Å². The Kier molecular flexibility index (Phi) is 5.76. The topological polar surface area (TPSA) is 61.5 Å². The molecule has 1 amide bonds. The molecule has 1 aliphatic rings. The molecule has 0 radical (unpaired) electrons. The Morgan fingerprint density at radius 2 is 2.38 bits per heavy atom. The van der Waals surface area contributed by atoms with Crippen molar-refractivity contribution in [3.63, 3.8) is 0 Å². The quantitative estimate of drug-likeness (QED) is 0.858. The van der Waals surface area contributed by atoms with E-state index in [-0.39, 0.29) is 18.1 Å². The summed E-state index contributed by atoms with van der Waals surface area (Å²) >= 11 is 0. The van der Waals surface area contributed by atoms with Crippen LogP contribution in [-0.4, -0.2) is 65.8 Å².